The number of amides is 1. The monoisotopic (exact) mass is 1290 g/mol. The molecule has 8 unspecified atom stereocenters. The van der Waals surface area contributed by atoms with Gasteiger partial charge in [0.1, 0.15) is 24.4 Å². The van der Waals surface area contributed by atoms with Crippen LogP contribution in [0.2, 0.25) is 0 Å². The molecule has 91 heavy (non-hydrogen) atoms. The van der Waals surface area contributed by atoms with Crippen molar-refractivity contribution < 1.29 is 49.3 Å². The number of rotatable bonds is 70. The molecule has 0 saturated carbocycles. The minimum atomic E-state index is -1.61. The van der Waals surface area contributed by atoms with Crippen molar-refractivity contribution in [1.82, 2.24) is 5.32 Å². The summed E-state index contributed by atoms with van der Waals surface area (Å²) in [6, 6.07) is -1.02. The molecule has 1 heterocycles. The molecule has 6 N–H and O–H groups in total. The van der Waals surface area contributed by atoms with E-state index in [0.717, 1.165) is 57.8 Å². The first-order valence-corrected chi connectivity index (χ1v) is 39.8. The SMILES string of the molecule is CCCCCCCC/C=C/CCCCCCCCCCCCCCCCCCCC(=O)OC1C(OCC(NC(=O)C(O)CCCCCCCCCCCCCC/C=C/CCCCCCCC)C(O)/C=C/CCCCCCCCCCCCC)OC(CO)C(O)C1O. The maximum atomic E-state index is 13.5. The van der Waals surface area contributed by atoms with Crippen LogP contribution in [0.25, 0.3) is 0 Å². The van der Waals surface area contributed by atoms with Crippen molar-refractivity contribution in [2.24, 2.45) is 0 Å². The quantitative estimate of drug-likeness (QED) is 0.0195. The number of aliphatic hydroxyl groups is 5. The summed E-state index contributed by atoms with van der Waals surface area (Å²) in [5, 5.41) is 57.4. The first-order valence-electron chi connectivity index (χ1n) is 39.8. The molecule has 1 aliphatic rings. The van der Waals surface area contributed by atoms with Crippen LogP contribution in [-0.4, -0.2) is 99.6 Å². The van der Waals surface area contributed by atoms with Crippen LogP contribution in [0.15, 0.2) is 36.5 Å². The molecule has 8 atom stereocenters. The highest BCUT2D eigenvalue weighted by molar-refractivity contribution is 5.80. The highest BCUT2D eigenvalue weighted by Crippen LogP contribution is 2.27. The molecular weight excluding hydrogens is 1130 g/mol. The number of ether oxygens (including phenoxy) is 3. The lowest BCUT2D eigenvalue weighted by Gasteiger charge is -2.41. The fourth-order valence-corrected chi connectivity index (χ4v) is 12.8. The third-order valence-corrected chi connectivity index (χ3v) is 19.0. The molecule has 1 fully saturated rings. The molecule has 11 heteroatoms. The topological polar surface area (TPSA) is 175 Å². The standard InChI is InChI=1S/C80H151NO10/c1-4-7-10-13-16-19-22-25-27-29-31-33-35-36-37-38-39-41-43-45-47-50-53-56-59-62-65-68-75(85)91-78-77(87)76(86)74(69-82)90-80(78)89-70-71(72(83)66-63-60-57-54-51-48-24-21-18-15-12-9-6-3)81-79(88)73(84)67-64-61-58-55-52-49-46-44-42-40-34-32-30-28-26-23-20-17-14-11-8-5-2/h25-28,63,66,71-74,76-78,80,82-84,86-87H,4-24,29-62,64-65,67-70H2,1-3H3,(H,81,88)/b27-25+,28-26+,66-63+. The maximum absolute atomic E-state index is 13.5. The van der Waals surface area contributed by atoms with Gasteiger partial charge in [0.15, 0.2) is 12.4 Å². The van der Waals surface area contributed by atoms with Gasteiger partial charge in [0.05, 0.1) is 25.4 Å². The fraction of sp³-hybridized carbons (Fsp3) is 0.900. The van der Waals surface area contributed by atoms with E-state index in [1.807, 2.05) is 6.08 Å². The highest BCUT2D eigenvalue weighted by Gasteiger charge is 2.47. The third kappa shape index (κ3) is 54.7. The molecule has 0 aliphatic carbocycles. The van der Waals surface area contributed by atoms with Crippen LogP contribution in [0.1, 0.15) is 400 Å². The summed E-state index contributed by atoms with van der Waals surface area (Å²) in [6.45, 7) is 5.86. The van der Waals surface area contributed by atoms with E-state index in [1.54, 1.807) is 6.08 Å². The first kappa shape index (κ1) is 86.9. The summed E-state index contributed by atoms with van der Waals surface area (Å²) in [5.74, 6) is -1.17. The Hall–Kier alpha value is -2.12. The van der Waals surface area contributed by atoms with Gasteiger partial charge in [-0.05, 0) is 77.0 Å². The Kier molecular flexibility index (Phi) is 64.8. The van der Waals surface area contributed by atoms with E-state index in [0.29, 0.717) is 19.3 Å². The second-order valence-electron chi connectivity index (χ2n) is 27.8. The summed E-state index contributed by atoms with van der Waals surface area (Å²) in [6.07, 6.45) is 74.9. The van der Waals surface area contributed by atoms with Crippen LogP contribution in [0.3, 0.4) is 0 Å². The van der Waals surface area contributed by atoms with Gasteiger partial charge in [-0.2, -0.15) is 0 Å². The Morgan fingerprint density at radius 2 is 0.725 bits per heavy atom. The Labute approximate surface area is 562 Å². The molecule has 11 nitrogen and oxygen atoms in total. The molecule has 1 amide bonds. The van der Waals surface area contributed by atoms with E-state index >= 15 is 0 Å². The number of unbranched alkanes of at least 4 members (excludes halogenated alkanes) is 52. The van der Waals surface area contributed by atoms with Crippen LogP contribution in [0.4, 0.5) is 0 Å². The number of esters is 1. The number of hydrogen-bond donors (Lipinski definition) is 6. The zero-order chi connectivity index (χ0) is 66.0. The molecule has 0 aromatic heterocycles. The molecule has 1 aliphatic heterocycles. The van der Waals surface area contributed by atoms with Crippen LogP contribution < -0.4 is 5.32 Å². The van der Waals surface area contributed by atoms with Crippen molar-refractivity contribution in [3.05, 3.63) is 36.5 Å². The second-order valence-corrected chi connectivity index (χ2v) is 27.8. The molecule has 0 bridgehead atoms. The first-order chi connectivity index (χ1) is 44.7. The number of carbonyl (C=O) groups is 2. The van der Waals surface area contributed by atoms with Crippen molar-refractivity contribution in [3.8, 4) is 0 Å². The van der Waals surface area contributed by atoms with Gasteiger partial charge in [-0.25, -0.2) is 0 Å². The molecular formula is C80H151NO10. The fourth-order valence-electron chi connectivity index (χ4n) is 12.8. The van der Waals surface area contributed by atoms with E-state index in [2.05, 4.69) is 50.4 Å². The average Bonchev–Trinajstić information content (AvgIpc) is 1.11. The minimum absolute atomic E-state index is 0.129. The van der Waals surface area contributed by atoms with Gasteiger partial charge in [0.2, 0.25) is 5.91 Å². The zero-order valence-corrected chi connectivity index (χ0v) is 60.0. The Morgan fingerprint density at radius 3 is 1.07 bits per heavy atom. The predicted octanol–water partition coefficient (Wildman–Crippen LogP) is 21.3. The largest absolute Gasteiger partial charge is 0.454 e. The Balaban J connectivity index is 2.50. The number of allylic oxidation sites excluding steroid dienone is 5. The van der Waals surface area contributed by atoms with E-state index in [1.165, 1.54) is 295 Å². The van der Waals surface area contributed by atoms with Crippen molar-refractivity contribution in [3.63, 3.8) is 0 Å². The van der Waals surface area contributed by atoms with Crippen LogP contribution in [0.5, 0.6) is 0 Å². The van der Waals surface area contributed by atoms with Gasteiger partial charge in [-0.3, -0.25) is 9.59 Å². The number of carbonyl (C=O) groups excluding carboxylic acids is 2. The second kappa shape index (κ2) is 67.8. The highest BCUT2D eigenvalue weighted by atomic mass is 16.7. The van der Waals surface area contributed by atoms with Crippen molar-refractivity contribution >= 4 is 11.9 Å². The normalized spacial score (nSPS) is 18.1. The lowest BCUT2D eigenvalue weighted by atomic mass is 9.99. The molecule has 0 aromatic carbocycles. The summed E-state index contributed by atoms with van der Waals surface area (Å²) >= 11 is 0. The van der Waals surface area contributed by atoms with Gasteiger partial charge in [-0.15, -0.1) is 0 Å². The van der Waals surface area contributed by atoms with E-state index in [9.17, 15) is 35.1 Å². The lowest BCUT2D eigenvalue weighted by molar-refractivity contribution is -0.305. The van der Waals surface area contributed by atoms with Gasteiger partial charge in [0.25, 0.3) is 0 Å². The maximum Gasteiger partial charge on any atom is 0.306 e. The van der Waals surface area contributed by atoms with Crippen LogP contribution >= 0.6 is 0 Å². The van der Waals surface area contributed by atoms with Crippen LogP contribution in [-0.2, 0) is 23.8 Å². The van der Waals surface area contributed by atoms with Crippen molar-refractivity contribution in [2.45, 2.75) is 449 Å². The summed E-state index contributed by atoms with van der Waals surface area (Å²) < 4.78 is 17.8. The average molecular weight is 1290 g/mol. The van der Waals surface area contributed by atoms with E-state index < -0.39 is 67.4 Å². The molecule has 1 rings (SSSR count). The molecule has 536 valence electrons. The molecule has 1 saturated heterocycles. The summed E-state index contributed by atoms with van der Waals surface area (Å²) in [7, 11) is 0. The zero-order valence-electron chi connectivity index (χ0n) is 60.0. The molecule has 0 aromatic rings. The smallest absolute Gasteiger partial charge is 0.306 e. The molecule has 0 spiro atoms. The van der Waals surface area contributed by atoms with Crippen molar-refractivity contribution in [1.29, 1.82) is 0 Å². The number of aliphatic hydroxyl groups excluding tert-OH is 5. The van der Waals surface area contributed by atoms with Gasteiger partial charge in [-0.1, -0.05) is 353 Å². The number of nitrogens with one attached hydrogen (secondary N) is 1. The minimum Gasteiger partial charge on any atom is -0.454 e. The van der Waals surface area contributed by atoms with Crippen LogP contribution in [0, 0.1) is 0 Å². The van der Waals surface area contributed by atoms with E-state index in [4.69, 9.17) is 14.2 Å². The summed E-state index contributed by atoms with van der Waals surface area (Å²) in [4.78, 5) is 26.8. The Bertz CT molecular complexity index is 1620. The van der Waals surface area contributed by atoms with E-state index in [-0.39, 0.29) is 13.0 Å². The van der Waals surface area contributed by atoms with Gasteiger partial charge >= 0.3 is 5.97 Å². The van der Waals surface area contributed by atoms with Gasteiger partial charge < -0.3 is 45.1 Å². The molecule has 0 radical (unpaired) electrons. The predicted molar refractivity (Wildman–Crippen MR) is 384 cm³/mol. The lowest BCUT2D eigenvalue weighted by Crippen LogP contribution is -2.61. The van der Waals surface area contributed by atoms with Crippen molar-refractivity contribution in [2.75, 3.05) is 13.2 Å². The van der Waals surface area contributed by atoms with Gasteiger partial charge in [0, 0.05) is 6.42 Å². The summed E-state index contributed by atoms with van der Waals surface area (Å²) in [5.41, 5.74) is 0. The third-order valence-electron chi connectivity index (χ3n) is 19.0. The Morgan fingerprint density at radius 1 is 0.418 bits per heavy atom. The number of hydrogen-bond acceptors (Lipinski definition) is 10.